The second-order valence-corrected chi connectivity index (χ2v) is 10.6. The van der Waals surface area contributed by atoms with Crippen LogP contribution >= 0.6 is 0 Å². The SMILES string of the molecule is CCC(C)COCCOCCOCCOCCOCCOCCOCCOCCOCCOCCOCCOCCNC(=O)COCC(=O)O. The van der Waals surface area contributed by atoms with Crippen molar-refractivity contribution in [2.24, 2.45) is 5.92 Å². The summed E-state index contributed by atoms with van der Waals surface area (Å²) in [5.74, 6) is -0.932. The highest BCUT2D eigenvalue weighted by atomic mass is 16.6. The van der Waals surface area contributed by atoms with Gasteiger partial charge in [0.1, 0.15) is 13.2 Å². The van der Waals surface area contributed by atoms with Gasteiger partial charge in [-0.1, -0.05) is 20.3 Å². The first-order chi connectivity index (χ1) is 24.6. The number of carbonyl (C=O) groups excluding carboxylic acids is 1. The largest absolute Gasteiger partial charge is 0.480 e. The number of hydrogen-bond donors (Lipinski definition) is 2. The summed E-state index contributed by atoms with van der Waals surface area (Å²) < 4.78 is 70.1. The van der Waals surface area contributed by atoms with Gasteiger partial charge in [0, 0.05) is 13.2 Å². The lowest BCUT2D eigenvalue weighted by Crippen LogP contribution is -2.31. The number of carbonyl (C=O) groups is 2. The van der Waals surface area contributed by atoms with Crippen molar-refractivity contribution in [1.82, 2.24) is 5.32 Å². The van der Waals surface area contributed by atoms with Crippen LogP contribution in [-0.2, 0) is 71.2 Å². The lowest BCUT2D eigenvalue weighted by Gasteiger charge is -2.10. The Labute approximate surface area is 298 Å². The molecule has 1 amide bonds. The highest BCUT2D eigenvalue weighted by Crippen LogP contribution is 2.00. The lowest BCUT2D eigenvalue weighted by molar-refractivity contribution is -0.143. The number of nitrogens with one attached hydrogen (secondary N) is 1. The summed E-state index contributed by atoms with van der Waals surface area (Å²) in [4.78, 5) is 21.7. The molecule has 0 aromatic carbocycles. The number of hydrogen-bond acceptors (Lipinski definition) is 15. The maximum atomic E-state index is 11.4. The molecule has 0 rings (SSSR count). The molecule has 50 heavy (non-hydrogen) atoms. The zero-order valence-corrected chi connectivity index (χ0v) is 30.4. The van der Waals surface area contributed by atoms with Gasteiger partial charge < -0.3 is 72.0 Å². The minimum absolute atomic E-state index is 0.300. The summed E-state index contributed by atoms with van der Waals surface area (Å²) in [5.41, 5.74) is 0. The Morgan fingerprint density at radius 2 is 0.720 bits per heavy atom. The standard InChI is InChI=1S/C33H65NO16/c1-3-31(2)28-49-27-26-48-25-24-47-23-22-46-21-20-45-19-18-44-17-16-43-15-14-42-13-12-41-11-10-40-9-8-39-7-6-38-5-4-34-32(35)29-50-30-33(36)37/h31H,3-30H2,1-2H3,(H,34,35)(H,36,37). The van der Waals surface area contributed by atoms with E-state index in [1.165, 1.54) is 0 Å². The molecule has 0 heterocycles. The average molecular weight is 732 g/mol. The van der Waals surface area contributed by atoms with Crippen molar-refractivity contribution in [3.63, 3.8) is 0 Å². The highest BCUT2D eigenvalue weighted by Gasteiger charge is 2.03. The molecule has 17 heteroatoms. The third-order valence-corrected chi connectivity index (χ3v) is 6.22. The molecule has 0 saturated carbocycles. The van der Waals surface area contributed by atoms with E-state index in [-0.39, 0.29) is 6.61 Å². The Kier molecular flexibility index (Phi) is 40.5. The molecule has 0 aliphatic rings. The Morgan fingerprint density at radius 3 is 1.00 bits per heavy atom. The van der Waals surface area contributed by atoms with E-state index in [0.29, 0.717) is 164 Å². The number of carboxylic acid groups (broad SMARTS) is 1. The maximum Gasteiger partial charge on any atom is 0.329 e. The molecule has 0 spiro atoms. The van der Waals surface area contributed by atoms with Gasteiger partial charge in [-0.3, -0.25) is 4.79 Å². The van der Waals surface area contributed by atoms with E-state index in [1.54, 1.807) is 0 Å². The van der Waals surface area contributed by atoms with Crippen LogP contribution in [0.4, 0.5) is 0 Å². The molecule has 0 saturated heterocycles. The van der Waals surface area contributed by atoms with E-state index in [1.807, 2.05) is 0 Å². The predicted octanol–water partition coefficient (Wildman–Crippen LogP) is 0.449. The van der Waals surface area contributed by atoms with Crippen molar-refractivity contribution in [3.8, 4) is 0 Å². The minimum atomic E-state index is -1.12. The molecule has 298 valence electrons. The summed E-state index contributed by atoms with van der Waals surface area (Å²) in [5, 5.41) is 11.0. The van der Waals surface area contributed by atoms with Gasteiger partial charge in [0.2, 0.25) is 5.91 Å². The van der Waals surface area contributed by atoms with Crippen molar-refractivity contribution in [2.45, 2.75) is 20.3 Å². The maximum absolute atomic E-state index is 11.4. The number of aliphatic carboxylic acids is 1. The molecule has 0 bridgehead atoms. The Hall–Kier alpha value is -1.58. The summed E-state index contributed by atoms with van der Waals surface area (Å²) in [6.07, 6.45) is 1.13. The van der Waals surface area contributed by atoms with Crippen molar-refractivity contribution < 1.29 is 76.3 Å². The minimum Gasteiger partial charge on any atom is -0.480 e. The van der Waals surface area contributed by atoms with Crippen LogP contribution in [0.3, 0.4) is 0 Å². The van der Waals surface area contributed by atoms with Gasteiger partial charge in [0.05, 0.1) is 152 Å². The molecule has 0 aromatic heterocycles. The molecule has 0 radical (unpaired) electrons. The summed E-state index contributed by atoms with van der Waals surface area (Å²) in [7, 11) is 0. The van der Waals surface area contributed by atoms with Crippen LogP contribution in [0.1, 0.15) is 20.3 Å². The van der Waals surface area contributed by atoms with Crippen LogP contribution in [-0.4, -0.2) is 195 Å². The first-order valence-corrected chi connectivity index (χ1v) is 17.5. The lowest BCUT2D eigenvalue weighted by atomic mass is 10.1. The van der Waals surface area contributed by atoms with Gasteiger partial charge in [-0.25, -0.2) is 4.79 Å². The molecular weight excluding hydrogens is 666 g/mol. The molecule has 17 nitrogen and oxygen atoms in total. The third-order valence-electron chi connectivity index (χ3n) is 6.22. The molecule has 2 N–H and O–H groups in total. The number of amides is 1. The zero-order chi connectivity index (χ0) is 36.4. The van der Waals surface area contributed by atoms with Gasteiger partial charge in [0.25, 0.3) is 0 Å². The Bertz CT molecular complexity index is 709. The fourth-order valence-corrected chi connectivity index (χ4v) is 3.37. The molecule has 1 unspecified atom stereocenters. The van der Waals surface area contributed by atoms with E-state index in [9.17, 15) is 9.59 Å². The number of ether oxygens (including phenoxy) is 13. The van der Waals surface area contributed by atoms with Gasteiger partial charge >= 0.3 is 5.97 Å². The van der Waals surface area contributed by atoms with Crippen LogP contribution in [0.15, 0.2) is 0 Å². The molecule has 0 aliphatic heterocycles. The molecule has 0 fully saturated rings. The first-order valence-electron chi connectivity index (χ1n) is 17.5. The normalized spacial score (nSPS) is 12.0. The van der Waals surface area contributed by atoms with Crippen molar-refractivity contribution in [2.75, 3.05) is 178 Å². The van der Waals surface area contributed by atoms with Gasteiger partial charge in [-0.2, -0.15) is 0 Å². The highest BCUT2D eigenvalue weighted by molar-refractivity contribution is 5.77. The van der Waals surface area contributed by atoms with Crippen LogP contribution in [0, 0.1) is 5.92 Å². The van der Waals surface area contributed by atoms with Gasteiger partial charge in [-0.15, -0.1) is 0 Å². The molecule has 0 aromatic rings. The summed E-state index contributed by atoms with van der Waals surface area (Å²) >= 11 is 0. The zero-order valence-electron chi connectivity index (χ0n) is 30.4. The number of rotatable bonds is 43. The van der Waals surface area contributed by atoms with Crippen LogP contribution < -0.4 is 5.32 Å². The van der Waals surface area contributed by atoms with Crippen LogP contribution in [0.2, 0.25) is 0 Å². The number of carboxylic acids is 1. The van der Waals surface area contributed by atoms with Crippen molar-refractivity contribution in [1.29, 1.82) is 0 Å². The Balaban J connectivity index is 3.10. The Morgan fingerprint density at radius 1 is 0.440 bits per heavy atom. The monoisotopic (exact) mass is 731 g/mol. The van der Waals surface area contributed by atoms with E-state index in [0.717, 1.165) is 13.0 Å². The van der Waals surface area contributed by atoms with Crippen molar-refractivity contribution >= 4 is 11.9 Å². The second kappa shape index (κ2) is 41.8. The smallest absolute Gasteiger partial charge is 0.329 e. The molecular formula is C33H65NO16. The summed E-state index contributed by atoms with van der Waals surface area (Å²) in [6, 6.07) is 0. The van der Waals surface area contributed by atoms with Crippen LogP contribution in [0.25, 0.3) is 0 Å². The van der Waals surface area contributed by atoms with Crippen molar-refractivity contribution in [3.05, 3.63) is 0 Å². The average Bonchev–Trinajstić information content (AvgIpc) is 3.10. The first kappa shape index (κ1) is 48.4. The van der Waals surface area contributed by atoms with Gasteiger partial charge in [0.15, 0.2) is 0 Å². The molecule has 1 atom stereocenters. The second-order valence-electron chi connectivity index (χ2n) is 10.6. The van der Waals surface area contributed by atoms with E-state index < -0.39 is 18.5 Å². The quantitative estimate of drug-likeness (QED) is 0.0823. The van der Waals surface area contributed by atoms with E-state index in [4.69, 9.17) is 61.9 Å². The van der Waals surface area contributed by atoms with E-state index in [2.05, 4.69) is 23.9 Å². The van der Waals surface area contributed by atoms with E-state index >= 15 is 0 Å². The third kappa shape index (κ3) is 42.6. The molecule has 0 aliphatic carbocycles. The predicted molar refractivity (Wildman–Crippen MR) is 181 cm³/mol. The topological polar surface area (TPSA) is 186 Å². The fourth-order valence-electron chi connectivity index (χ4n) is 3.37. The van der Waals surface area contributed by atoms with Crippen LogP contribution in [0.5, 0.6) is 0 Å². The fraction of sp³-hybridized carbons (Fsp3) is 0.939. The summed E-state index contributed by atoms with van der Waals surface area (Å²) in [6.45, 7) is 15.7. The van der Waals surface area contributed by atoms with Gasteiger partial charge in [-0.05, 0) is 5.92 Å².